The molecule has 0 aliphatic heterocycles. The zero-order chi connectivity index (χ0) is 10.6. The molecule has 0 radical (unpaired) electrons. The molecule has 0 unspecified atom stereocenters. The van der Waals surface area contributed by atoms with Crippen molar-refractivity contribution >= 4 is 12.0 Å². The lowest BCUT2D eigenvalue weighted by molar-refractivity contribution is -0.132. The molecule has 0 heterocycles. The lowest BCUT2D eigenvalue weighted by atomic mass is 10.1. The van der Waals surface area contributed by atoms with Crippen LogP contribution in [0.3, 0.4) is 0 Å². The molecule has 0 amide bonds. The molecular weight excluding hydrogens is 182 g/mol. The van der Waals surface area contributed by atoms with Crippen LogP contribution in [0.5, 0.6) is 5.75 Å². The molecule has 14 heavy (non-hydrogen) atoms. The number of methoxy groups -OCH3 is 1. The first-order valence-corrected chi connectivity index (χ1v) is 3.98. The number of carboxylic acid groups (broad SMARTS) is 1. The lowest BCUT2D eigenvalue weighted by Gasteiger charge is -2.03. The van der Waals surface area contributed by atoms with Crippen molar-refractivity contribution in [3.63, 3.8) is 0 Å². The molecular formula is C10H11NO3. The molecule has 0 fully saturated rings. The van der Waals surface area contributed by atoms with Crippen LogP contribution in [0.25, 0.3) is 6.08 Å². The number of carboxylic acids is 1. The maximum atomic E-state index is 10.5. The van der Waals surface area contributed by atoms with Gasteiger partial charge in [0.2, 0.25) is 0 Å². The highest BCUT2D eigenvalue weighted by molar-refractivity contribution is 5.91. The van der Waals surface area contributed by atoms with Crippen molar-refractivity contribution in [1.82, 2.24) is 0 Å². The molecule has 3 N–H and O–H groups in total. The van der Waals surface area contributed by atoms with E-state index in [4.69, 9.17) is 15.6 Å². The van der Waals surface area contributed by atoms with Crippen molar-refractivity contribution in [2.45, 2.75) is 0 Å². The molecule has 1 rings (SSSR count). The van der Waals surface area contributed by atoms with Crippen molar-refractivity contribution in [1.29, 1.82) is 0 Å². The average molecular weight is 193 g/mol. The first kappa shape index (κ1) is 10.1. The van der Waals surface area contributed by atoms with Crippen LogP contribution in [0.15, 0.2) is 30.0 Å². The minimum atomic E-state index is -1.14. The average Bonchev–Trinajstić information content (AvgIpc) is 2.18. The summed E-state index contributed by atoms with van der Waals surface area (Å²) in [5.74, 6) is -0.549. The molecule has 0 bridgehead atoms. The van der Waals surface area contributed by atoms with Crippen LogP contribution in [-0.4, -0.2) is 18.2 Å². The third-order valence-corrected chi connectivity index (χ3v) is 1.70. The number of benzene rings is 1. The Morgan fingerprint density at radius 1 is 1.50 bits per heavy atom. The van der Waals surface area contributed by atoms with E-state index in [1.807, 2.05) is 0 Å². The van der Waals surface area contributed by atoms with Crippen LogP contribution in [0.4, 0.5) is 0 Å². The monoisotopic (exact) mass is 193 g/mol. The van der Waals surface area contributed by atoms with Gasteiger partial charge in [0.25, 0.3) is 0 Å². The Labute approximate surface area is 81.6 Å². The Morgan fingerprint density at radius 3 is 2.71 bits per heavy atom. The SMILES string of the molecule is COc1ccccc1/C=C(/N)C(=O)O. The van der Waals surface area contributed by atoms with Gasteiger partial charge >= 0.3 is 5.97 Å². The number of ether oxygens (including phenoxy) is 1. The summed E-state index contributed by atoms with van der Waals surface area (Å²) in [6, 6.07) is 7.05. The molecule has 1 aromatic carbocycles. The number of para-hydroxylation sites is 1. The first-order chi connectivity index (χ1) is 6.65. The number of aliphatic carboxylic acids is 1. The molecule has 0 atom stereocenters. The van der Waals surface area contributed by atoms with Crippen LogP contribution in [0.2, 0.25) is 0 Å². The van der Waals surface area contributed by atoms with Crippen molar-refractivity contribution in [3.8, 4) is 5.75 Å². The minimum Gasteiger partial charge on any atom is -0.496 e. The summed E-state index contributed by atoms with van der Waals surface area (Å²) in [6.07, 6.45) is 1.36. The first-order valence-electron chi connectivity index (χ1n) is 3.98. The molecule has 4 nitrogen and oxygen atoms in total. The fourth-order valence-corrected chi connectivity index (χ4v) is 1.01. The van der Waals surface area contributed by atoms with Gasteiger partial charge in [-0.15, -0.1) is 0 Å². The Hall–Kier alpha value is -1.97. The van der Waals surface area contributed by atoms with E-state index >= 15 is 0 Å². The second-order valence-corrected chi connectivity index (χ2v) is 2.65. The van der Waals surface area contributed by atoms with Gasteiger partial charge < -0.3 is 15.6 Å². The Balaban J connectivity index is 3.07. The van der Waals surface area contributed by atoms with E-state index in [1.165, 1.54) is 13.2 Å². The van der Waals surface area contributed by atoms with Crippen LogP contribution >= 0.6 is 0 Å². The van der Waals surface area contributed by atoms with E-state index in [0.29, 0.717) is 11.3 Å². The summed E-state index contributed by atoms with van der Waals surface area (Å²) < 4.78 is 5.03. The zero-order valence-electron chi connectivity index (χ0n) is 7.73. The molecule has 0 aliphatic rings. The normalized spacial score (nSPS) is 11.1. The number of hydrogen-bond acceptors (Lipinski definition) is 3. The largest absolute Gasteiger partial charge is 0.496 e. The second kappa shape index (κ2) is 4.32. The third-order valence-electron chi connectivity index (χ3n) is 1.70. The lowest BCUT2D eigenvalue weighted by Crippen LogP contribution is -2.09. The Morgan fingerprint density at radius 2 is 2.14 bits per heavy atom. The molecule has 74 valence electrons. The Bertz CT molecular complexity index is 371. The van der Waals surface area contributed by atoms with Gasteiger partial charge in [-0.3, -0.25) is 0 Å². The summed E-state index contributed by atoms with van der Waals surface area (Å²) in [6.45, 7) is 0. The van der Waals surface area contributed by atoms with Crippen molar-refractivity contribution < 1.29 is 14.6 Å². The third kappa shape index (κ3) is 2.26. The van der Waals surface area contributed by atoms with E-state index < -0.39 is 5.97 Å². The maximum Gasteiger partial charge on any atom is 0.351 e. The van der Waals surface area contributed by atoms with Crippen LogP contribution in [-0.2, 0) is 4.79 Å². The number of carbonyl (C=O) groups is 1. The van der Waals surface area contributed by atoms with E-state index in [1.54, 1.807) is 24.3 Å². The molecule has 0 aromatic heterocycles. The summed E-state index contributed by atoms with van der Waals surface area (Å²) in [5, 5.41) is 8.57. The number of rotatable bonds is 3. The van der Waals surface area contributed by atoms with Crippen LogP contribution < -0.4 is 10.5 Å². The number of hydrogen-bond donors (Lipinski definition) is 2. The summed E-state index contributed by atoms with van der Waals surface area (Å²) in [7, 11) is 1.52. The highest BCUT2D eigenvalue weighted by Gasteiger charge is 2.03. The fourth-order valence-electron chi connectivity index (χ4n) is 1.01. The van der Waals surface area contributed by atoms with E-state index in [2.05, 4.69) is 0 Å². The summed E-state index contributed by atoms with van der Waals surface area (Å²) in [5.41, 5.74) is 5.71. The zero-order valence-corrected chi connectivity index (χ0v) is 7.73. The standard InChI is InChI=1S/C10H11NO3/c1-14-9-5-3-2-4-7(9)6-8(11)10(12)13/h2-6H,11H2,1H3,(H,12,13)/b8-6+. The molecule has 0 aliphatic carbocycles. The predicted octanol–water partition coefficient (Wildman–Crippen LogP) is 1.08. The second-order valence-electron chi connectivity index (χ2n) is 2.65. The van der Waals surface area contributed by atoms with Crippen LogP contribution in [0.1, 0.15) is 5.56 Å². The Kier molecular flexibility index (Phi) is 3.12. The van der Waals surface area contributed by atoms with Gasteiger partial charge in [0, 0.05) is 5.56 Å². The van der Waals surface area contributed by atoms with E-state index in [0.717, 1.165) is 0 Å². The van der Waals surface area contributed by atoms with Gasteiger partial charge in [0.05, 0.1) is 7.11 Å². The quantitative estimate of drug-likeness (QED) is 0.704. The van der Waals surface area contributed by atoms with E-state index in [-0.39, 0.29) is 5.70 Å². The van der Waals surface area contributed by atoms with Gasteiger partial charge in [0.1, 0.15) is 11.4 Å². The van der Waals surface area contributed by atoms with Gasteiger partial charge in [-0.25, -0.2) is 4.79 Å². The minimum absolute atomic E-state index is 0.213. The molecule has 0 saturated heterocycles. The van der Waals surface area contributed by atoms with E-state index in [9.17, 15) is 4.79 Å². The maximum absolute atomic E-state index is 10.5. The van der Waals surface area contributed by atoms with Gasteiger partial charge in [0.15, 0.2) is 0 Å². The molecule has 0 spiro atoms. The van der Waals surface area contributed by atoms with Crippen molar-refractivity contribution in [2.75, 3.05) is 7.11 Å². The van der Waals surface area contributed by atoms with Crippen molar-refractivity contribution in [3.05, 3.63) is 35.5 Å². The van der Waals surface area contributed by atoms with Gasteiger partial charge in [-0.2, -0.15) is 0 Å². The fraction of sp³-hybridized carbons (Fsp3) is 0.100. The smallest absolute Gasteiger partial charge is 0.351 e. The van der Waals surface area contributed by atoms with Gasteiger partial charge in [-0.05, 0) is 12.1 Å². The highest BCUT2D eigenvalue weighted by Crippen LogP contribution is 2.19. The molecule has 0 saturated carbocycles. The predicted molar refractivity (Wildman–Crippen MR) is 52.8 cm³/mol. The van der Waals surface area contributed by atoms with Gasteiger partial charge in [-0.1, -0.05) is 18.2 Å². The molecule has 4 heteroatoms. The van der Waals surface area contributed by atoms with Crippen molar-refractivity contribution in [2.24, 2.45) is 5.73 Å². The topological polar surface area (TPSA) is 72.5 Å². The van der Waals surface area contributed by atoms with Crippen LogP contribution in [0, 0.1) is 0 Å². The summed E-state index contributed by atoms with van der Waals surface area (Å²) >= 11 is 0. The number of nitrogens with two attached hydrogens (primary N) is 1. The molecule has 1 aromatic rings. The summed E-state index contributed by atoms with van der Waals surface area (Å²) in [4.78, 5) is 10.5. The highest BCUT2D eigenvalue weighted by atomic mass is 16.5.